The van der Waals surface area contributed by atoms with Gasteiger partial charge in [0, 0.05) is 47.7 Å². The normalized spacial score (nSPS) is 26.1. The van der Waals surface area contributed by atoms with Crippen LogP contribution in [-0.4, -0.2) is 54.6 Å². The molecule has 31 heavy (non-hydrogen) atoms. The van der Waals surface area contributed by atoms with Crippen LogP contribution in [0.15, 0.2) is 48.5 Å². The summed E-state index contributed by atoms with van der Waals surface area (Å²) in [4.78, 5) is 21.3. The van der Waals surface area contributed by atoms with Gasteiger partial charge in [-0.2, -0.15) is 0 Å². The van der Waals surface area contributed by atoms with Crippen LogP contribution in [0.25, 0.3) is 10.9 Å². The van der Waals surface area contributed by atoms with E-state index < -0.39 is 0 Å². The first-order valence-corrected chi connectivity index (χ1v) is 11.3. The van der Waals surface area contributed by atoms with Crippen LogP contribution >= 0.6 is 0 Å². The molecule has 6 heteroatoms. The molecule has 160 valence electrons. The molecule has 3 aromatic rings. The predicted molar refractivity (Wildman–Crippen MR) is 120 cm³/mol. The van der Waals surface area contributed by atoms with Crippen LogP contribution in [0.2, 0.25) is 0 Å². The van der Waals surface area contributed by atoms with Crippen molar-refractivity contribution < 1.29 is 9.18 Å². The van der Waals surface area contributed by atoms with E-state index in [2.05, 4.69) is 33.4 Å². The number of benzene rings is 2. The second kappa shape index (κ2) is 7.18. The minimum Gasteiger partial charge on any atom is -0.351 e. The first-order valence-electron chi connectivity index (χ1n) is 11.3. The molecule has 5 nitrogen and oxygen atoms in total. The molecular weight excluding hydrogens is 391 g/mol. The third kappa shape index (κ3) is 3.08. The molecule has 1 amide bonds. The number of aromatic nitrogens is 1. The van der Waals surface area contributed by atoms with E-state index in [0.717, 1.165) is 49.2 Å². The number of piperidine rings is 1. The number of H-pyrrole nitrogens is 1. The highest BCUT2D eigenvalue weighted by atomic mass is 19.1. The van der Waals surface area contributed by atoms with E-state index >= 15 is 0 Å². The van der Waals surface area contributed by atoms with E-state index in [1.807, 2.05) is 11.0 Å². The Labute approximate surface area is 181 Å². The molecule has 0 bridgehead atoms. The maximum Gasteiger partial charge on any atom is 0.274 e. The van der Waals surface area contributed by atoms with Gasteiger partial charge >= 0.3 is 0 Å². The topological polar surface area (TPSA) is 51.4 Å². The van der Waals surface area contributed by atoms with Crippen molar-refractivity contribution >= 4 is 22.5 Å². The number of aromatic amines is 1. The zero-order valence-electron chi connectivity index (χ0n) is 17.5. The smallest absolute Gasteiger partial charge is 0.274 e. The number of likely N-dealkylation sites (tertiary alicyclic amines) is 1. The first kappa shape index (κ1) is 19.0. The average molecular weight is 419 g/mol. The molecule has 3 aliphatic rings. The molecule has 4 heterocycles. The standard InChI is InChI=1S/C25H27FN4O/c26-18-7-8-21-17(12-18)13-22(28-21)24(31)30-16-25(20-5-1-2-6-23(20)30)9-11-29(15-25)19-4-3-10-27-14-19/h1-2,5-8,12-13,19,27-28H,3-4,9-11,14-16H2/t19?,25-/m0/s1. The molecule has 2 N–H and O–H groups in total. The molecule has 2 aromatic carbocycles. The van der Waals surface area contributed by atoms with Crippen molar-refractivity contribution in [2.24, 2.45) is 0 Å². The van der Waals surface area contributed by atoms with Crippen LogP contribution in [0.3, 0.4) is 0 Å². The number of nitrogens with one attached hydrogen (secondary N) is 2. The first-order chi connectivity index (χ1) is 15.1. The number of carbonyl (C=O) groups is 1. The van der Waals surface area contributed by atoms with Gasteiger partial charge in [-0.15, -0.1) is 0 Å². The molecule has 2 fully saturated rings. The number of fused-ring (bicyclic) bond motifs is 3. The van der Waals surface area contributed by atoms with Crippen LogP contribution in [0.5, 0.6) is 0 Å². The van der Waals surface area contributed by atoms with Crippen molar-refractivity contribution in [3.63, 3.8) is 0 Å². The third-order valence-electron chi connectivity index (χ3n) is 7.46. The van der Waals surface area contributed by atoms with E-state index in [1.54, 1.807) is 12.1 Å². The molecule has 1 aromatic heterocycles. The molecule has 1 spiro atoms. The lowest BCUT2D eigenvalue weighted by Crippen LogP contribution is -2.47. The summed E-state index contributed by atoms with van der Waals surface area (Å²) < 4.78 is 13.6. The van der Waals surface area contributed by atoms with E-state index in [1.165, 1.54) is 30.5 Å². The number of halogens is 1. The number of rotatable bonds is 2. The summed E-state index contributed by atoms with van der Waals surface area (Å²) in [5, 5.41) is 4.26. The van der Waals surface area contributed by atoms with E-state index in [4.69, 9.17) is 0 Å². The quantitative estimate of drug-likeness (QED) is 0.668. The lowest BCUT2D eigenvalue weighted by Gasteiger charge is -2.33. The summed E-state index contributed by atoms with van der Waals surface area (Å²) in [6, 6.07) is 15.3. The summed E-state index contributed by atoms with van der Waals surface area (Å²) >= 11 is 0. The lowest BCUT2D eigenvalue weighted by atomic mass is 9.81. The minimum absolute atomic E-state index is 0.0121. The molecule has 0 saturated carbocycles. The summed E-state index contributed by atoms with van der Waals surface area (Å²) in [5.41, 5.74) is 3.59. The Bertz CT molecular complexity index is 1150. The SMILES string of the molecule is O=C(c1cc2cc(F)ccc2[nH]1)N1C[C@@]2(CCN(C3CCCNC3)C2)c2ccccc21. The van der Waals surface area contributed by atoms with E-state index in [9.17, 15) is 9.18 Å². The van der Waals surface area contributed by atoms with Gasteiger partial charge in [0.05, 0.1) is 0 Å². The molecule has 0 radical (unpaired) electrons. The number of para-hydroxylation sites is 1. The number of nitrogens with zero attached hydrogens (tertiary/aromatic N) is 2. The summed E-state index contributed by atoms with van der Waals surface area (Å²) in [7, 11) is 0. The Morgan fingerprint density at radius 3 is 2.90 bits per heavy atom. The van der Waals surface area contributed by atoms with Crippen molar-refractivity contribution in [2.75, 3.05) is 37.6 Å². The fraction of sp³-hybridized carbons (Fsp3) is 0.400. The summed E-state index contributed by atoms with van der Waals surface area (Å²) in [6.45, 7) is 4.96. The van der Waals surface area contributed by atoms with E-state index in [-0.39, 0.29) is 17.1 Å². The van der Waals surface area contributed by atoms with Gasteiger partial charge in [-0.05, 0) is 68.2 Å². The van der Waals surface area contributed by atoms with Gasteiger partial charge in [0.2, 0.25) is 0 Å². The second-order valence-electron chi connectivity index (χ2n) is 9.32. The maximum absolute atomic E-state index is 13.6. The molecule has 0 aliphatic carbocycles. The van der Waals surface area contributed by atoms with Crippen molar-refractivity contribution in [1.29, 1.82) is 0 Å². The Morgan fingerprint density at radius 1 is 1.13 bits per heavy atom. The van der Waals surface area contributed by atoms with Crippen LogP contribution in [-0.2, 0) is 5.41 Å². The Kier molecular flexibility index (Phi) is 4.40. The molecule has 6 rings (SSSR count). The lowest BCUT2D eigenvalue weighted by molar-refractivity contribution is 0.0980. The highest BCUT2D eigenvalue weighted by Crippen LogP contribution is 2.47. The Morgan fingerprint density at radius 2 is 2.03 bits per heavy atom. The summed E-state index contributed by atoms with van der Waals surface area (Å²) in [6.07, 6.45) is 3.55. The third-order valence-corrected chi connectivity index (χ3v) is 7.46. The number of hydrogen-bond donors (Lipinski definition) is 2. The molecule has 3 aliphatic heterocycles. The van der Waals surface area contributed by atoms with Gasteiger partial charge in [0.1, 0.15) is 11.5 Å². The summed E-state index contributed by atoms with van der Waals surface area (Å²) in [5.74, 6) is -0.335. The monoisotopic (exact) mass is 418 g/mol. The zero-order chi connectivity index (χ0) is 21.0. The highest BCUT2D eigenvalue weighted by Gasteiger charge is 2.49. The minimum atomic E-state index is -0.292. The van der Waals surface area contributed by atoms with Gasteiger partial charge in [0.25, 0.3) is 5.91 Å². The van der Waals surface area contributed by atoms with Crippen molar-refractivity contribution in [3.8, 4) is 0 Å². The van der Waals surface area contributed by atoms with Gasteiger partial charge in [0.15, 0.2) is 0 Å². The number of anilines is 1. The fourth-order valence-corrected chi connectivity index (χ4v) is 5.89. The van der Waals surface area contributed by atoms with Crippen LogP contribution < -0.4 is 10.2 Å². The Balaban J connectivity index is 1.32. The number of hydrogen-bond acceptors (Lipinski definition) is 3. The fourth-order valence-electron chi connectivity index (χ4n) is 5.89. The molecule has 2 atom stereocenters. The van der Waals surface area contributed by atoms with Crippen molar-refractivity contribution in [3.05, 3.63) is 65.6 Å². The molecule has 1 unspecified atom stereocenters. The van der Waals surface area contributed by atoms with Gasteiger partial charge in [-0.3, -0.25) is 9.69 Å². The second-order valence-corrected chi connectivity index (χ2v) is 9.32. The predicted octanol–water partition coefficient (Wildman–Crippen LogP) is 3.66. The number of amides is 1. The largest absolute Gasteiger partial charge is 0.351 e. The van der Waals surface area contributed by atoms with Crippen LogP contribution in [0, 0.1) is 5.82 Å². The zero-order valence-corrected chi connectivity index (χ0v) is 17.5. The highest BCUT2D eigenvalue weighted by molar-refractivity contribution is 6.09. The average Bonchev–Trinajstić information content (AvgIpc) is 3.50. The van der Waals surface area contributed by atoms with Crippen molar-refractivity contribution in [2.45, 2.75) is 30.7 Å². The number of carbonyl (C=O) groups excluding carboxylic acids is 1. The van der Waals surface area contributed by atoms with Crippen molar-refractivity contribution in [1.82, 2.24) is 15.2 Å². The van der Waals surface area contributed by atoms with Crippen LogP contribution in [0.4, 0.5) is 10.1 Å². The molecule has 2 saturated heterocycles. The van der Waals surface area contributed by atoms with Crippen LogP contribution in [0.1, 0.15) is 35.3 Å². The van der Waals surface area contributed by atoms with Gasteiger partial charge < -0.3 is 15.2 Å². The van der Waals surface area contributed by atoms with Gasteiger partial charge in [-0.25, -0.2) is 4.39 Å². The molecular formula is C25H27FN4O. The Hall–Kier alpha value is -2.70. The van der Waals surface area contributed by atoms with Gasteiger partial charge in [-0.1, -0.05) is 18.2 Å². The maximum atomic E-state index is 13.6. The van der Waals surface area contributed by atoms with E-state index in [0.29, 0.717) is 18.3 Å².